The number of hydrogen-bond acceptors (Lipinski definition) is 7. The van der Waals surface area contributed by atoms with Crippen molar-refractivity contribution in [2.45, 2.75) is 24.5 Å². The van der Waals surface area contributed by atoms with E-state index in [4.69, 9.17) is 8.47 Å². The second-order valence-electron chi connectivity index (χ2n) is 9.45. The molecule has 0 spiro atoms. The molecule has 0 bridgehead atoms. The van der Waals surface area contributed by atoms with Crippen LogP contribution in [0.1, 0.15) is 15.9 Å². The fourth-order valence-electron chi connectivity index (χ4n) is 4.57. The summed E-state index contributed by atoms with van der Waals surface area (Å²) in [6, 6.07) is 20.9. The molecule has 0 radical (unpaired) electrons. The molecule has 0 fully saturated rings. The van der Waals surface area contributed by atoms with Crippen molar-refractivity contribution in [3.8, 4) is 5.75 Å². The van der Waals surface area contributed by atoms with Gasteiger partial charge in [-0.1, -0.05) is 48.2 Å². The Bertz CT molecular complexity index is 1920. The van der Waals surface area contributed by atoms with E-state index in [0.717, 1.165) is 42.1 Å². The number of ether oxygens (including phenoxy) is 1. The molecule has 0 aromatic heterocycles. The van der Waals surface area contributed by atoms with Crippen molar-refractivity contribution in [1.29, 1.82) is 0 Å². The van der Waals surface area contributed by atoms with Gasteiger partial charge in [0.2, 0.25) is 5.82 Å². The molecule has 6 nitrogen and oxygen atoms in total. The fourth-order valence-corrected chi connectivity index (χ4v) is 9.76. The standard InChI is InChI=1S/C32H19ClF6O6S2/c1-44-19-10-14-21(15-11-19)47(45-33(41,42)43,32-29(38)27(36)26(35)28(37)30(32)39)22-16-12-20(13-17-22)46-24-9-5-8-23(34)25(24)31(40)18-6-3-2-4-7-18/h2-17H,1H3. The smallest absolute Gasteiger partial charge is 0.200 e. The molecule has 5 rings (SSSR count). The van der Waals surface area contributed by atoms with E-state index < -0.39 is 75.9 Å². The molecule has 1 unspecified atom stereocenters. The molecule has 5 aromatic carbocycles. The van der Waals surface area contributed by atoms with Gasteiger partial charge in [-0.15, -0.1) is 0 Å². The van der Waals surface area contributed by atoms with Gasteiger partial charge >= 0.3 is 0 Å². The Morgan fingerprint density at radius 1 is 0.681 bits per heavy atom. The van der Waals surface area contributed by atoms with Gasteiger partial charge in [-0.25, -0.2) is 26.3 Å². The van der Waals surface area contributed by atoms with E-state index in [2.05, 4.69) is 0 Å². The van der Waals surface area contributed by atoms with Gasteiger partial charge in [0.15, 0.2) is 29.1 Å². The maximum Gasteiger partial charge on any atom is 0.200 e. The van der Waals surface area contributed by atoms with Crippen LogP contribution < -0.4 is 18.7 Å². The van der Waals surface area contributed by atoms with Crippen molar-refractivity contribution < 1.29 is 63.8 Å². The molecule has 0 amide bonds. The summed E-state index contributed by atoms with van der Waals surface area (Å²) in [5, 5.41) is 0. The average Bonchev–Trinajstić information content (AvgIpc) is 3.06. The van der Waals surface area contributed by atoms with E-state index in [0.29, 0.717) is 0 Å². The van der Waals surface area contributed by atoms with Gasteiger partial charge in [-0.05, 0) is 60.7 Å². The molecule has 0 aliphatic carbocycles. The largest absolute Gasteiger partial charge is 0.497 e. The molecule has 0 saturated carbocycles. The number of rotatable bonds is 10. The zero-order chi connectivity index (χ0) is 34.1. The first-order valence-electron chi connectivity index (χ1n) is 13.1. The monoisotopic (exact) mass is 712 g/mol. The highest BCUT2D eigenvalue weighted by Gasteiger charge is 2.52. The van der Waals surface area contributed by atoms with Crippen molar-refractivity contribution in [3.05, 3.63) is 143 Å². The molecule has 5 aromatic rings. The topological polar surface area (TPSA) is 105 Å². The Balaban J connectivity index is 1.69. The summed E-state index contributed by atoms with van der Waals surface area (Å²) in [6.07, 6.45) is 0. The van der Waals surface area contributed by atoms with Crippen molar-refractivity contribution in [2.75, 3.05) is 7.11 Å². The molecular weight excluding hydrogens is 694 g/mol. The minimum absolute atomic E-state index is 0.157. The van der Waals surface area contributed by atoms with E-state index in [-0.39, 0.29) is 26.7 Å². The van der Waals surface area contributed by atoms with Crippen LogP contribution in [0.4, 0.5) is 26.3 Å². The summed E-state index contributed by atoms with van der Waals surface area (Å²) in [7, 11) is -8.89. The van der Waals surface area contributed by atoms with Crippen molar-refractivity contribution in [2.24, 2.45) is 0 Å². The van der Waals surface area contributed by atoms with E-state index >= 15 is 8.78 Å². The van der Waals surface area contributed by atoms with Crippen LogP contribution in [0.15, 0.2) is 122 Å². The third-order valence-electron chi connectivity index (χ3n) is 6.64. The van der Waals surface area contributed by atoms with E-state index in [1.807, 2.05) is 0 Å². The summed E-state index contributed by atoms with van der Waals surface area (Å²) in [5.74, 6) is -13.4. The molecule has 0 aliphatic rings. The molecular formula is C32H19ClF6O6S2. The van der Waals surface area contributed by atoms with Crippen molar-refractivity contribution in [1.82, 2.24) is 0 Å². The number of methoxy groups -OCH3 is 1. The number of hydrogen-bond donors (Lipinski definition) is 0. The fraction of sp³-hybridized carbons (Fsp3) is 0.0312. The van der Waals surface area contributed by atoms with Crippen LogP contribution in [0.5, 0.6) is 5.75 Å². The second-order valence-corrected chi connectivity index (χ2v) is 14.3. The molecule has 47 heavy (non-hydrogen) atoms. The average molecular weight is 713 g/mol. The molecule has 15 heteroatoms. The predicted octanol–water partition coefficient (Wildman–Crippen LogP) is 6.02. The minimum atomic E-state index is -5.58. The van der Waals surface area contributed by atoms with Crippen molar-refractivity contribution >= 4 is 27.9 Å². The van der Waals surface area contributed by atoms with Crippen LogP contribution in [0.3, 0.4) is 0 Å². The molecule has 0 N–H and O–H groups in total. The predicted molar refractivity (Wildman–Crippen MR) is 150 cm³/mol. The van der Waals surface area contributed by atoms with Gasteiger partial charge < -0.3 is 4.74 Å². The number of ketones is 1. The Morgan fingerprint density at radius 3 is 1.74 bits per heavy atom. The van der Waals surface area contributed by atoms with Crippen LogP contribution in [-0.4, -0.2) is 12.9 Å². The summed E-state index contributed by atoms with van der Waals surface area (Å²) in [5.41, 5.74) is -0.0485. The third-order valence-corrected chi connectivity index (χ3v) is 11.9. The lowest BCUT2D eigenvalue weighted by molar-refractivity contribution is -1.91. The second kappa shape index (κ2) is 13.6. The van der Waals surface area contributed by atoms with Gasteiger partial charge in [0.25, 0.3) is 0 Å². The zero-order valence-electron chi connectivity index (χ0n) is 23.6. The summed E-state index contributed by atoms with van der Waals surface area (Å²) < 4.78 is 135. The van der Waals surface area contributed by atoms with Crippen molar-refractivity contribution in [3.63, 3.8) is 0 Å². The first-order chi connectivity index (χ1) is 22.3. The van der Waals surface area contributed by atoms with Crippen LogP contribution in [0.25, 0.3) is 0 Å². The van der Waals surface area contributed by atoms with Crippen LogP contribution >= 0.6 is 22.1 Å². The normalized spacial score (nSPS) is 13.6. The molecule has 0 heterocycles. The van der Waals surface area contributed by atoms with Gasteiger partial charge in [0.05, 0.1) is 22.9 Å². The number of carbonyl (C=O) groups excluding carboxylic acids is 1. The van der Waals surface area contributed by atoms with Gasteiger partial charge in [0.1, 0.15) is 30.5 Å². The summed E-state index contributed by atoms with van der Waals surface area (Å²) in [6.45, 7) is 0. The molecule has 0 saturated heterocycles. The SMILES string of the molecule is COc1ccc(S(O[Cl+3]([O-])([O-])[O-])(c2ccc(Sc3cccc(F)c3C(=O)c3ccccc3)cc2)c2c(F)c(F)c(F)c(F)c2F)cc1. The zero-order valence-corrected chi connectivity index (χ0v) is 26.0. The highest BCUT2D eigenvalue weighted by Crippen LogP contribution is 2.71. The van der Waals surface area contributed by atoms with Gasteiger partial charge in [-0.2, -0.15) is 14.0 Å². The number of carbonyl (C=O) groups is 1. The Morgan fingerprint density at radius 2 is 1.21 bits per heavy atom. The number of halogens is 7. The lowest BCUT2D eigenvalue weighted by atomic mass is 10.0. The van der Waals surface area contributed by atoms with E-state index in [1.165, 1.54) is 55.6 Å². The third kappa shape index (κ3) is 6.71. The maximum absolute atomic E-state index is 15.5. The minimum Gasteiger partial charge on any atom is -0.497 e. The number of benzene rings is 5. The Hall–Kier alpha value is -4.02. The molecule has 1 atom stereocenters. The quantitative estimate of drug-likeness (QED) is 0.0755. The highest BCUT2D eigenvalue weighted by molar-refractivity contribution is 8.29. The Kier molecular flexibility index (Phi) is 9.94. The summed E-state index contributed by atoms with van der Waals surface area (Å²) in [4.78, 5) is 11.0. The maximum atomic E-state index is 15.5. The highest BCUT2D eigenvalue weighted by atomic mass is 35.7. The van der Waals surface area contributed by atoms with Crippen LogP contribution in [0.2, 0.25) is 0 Å². The van der Waals surface area contributed by atoms with Crippen LogP contribution in [0, 0.1) is 45.1 Å². The lowest BCUT2D eigenvalue weighted by Crippen LogP contribution is -2.61. The lowest BCUT2D eigenvalue weighted by Gasteiger charge is -2.35. The molecule has 0 aliphatic heterocycles. The van der Waals surface area contributed by atoms with E-state index in [1.54, 1.807) is 18.2 Å². The van der Waals surface area contributed by atoms with Gasteiger partial charge in [0, 0.05) is 25.1 Å². The first kappa shape index (κ1) is 34.3. The Labute approximate surface area is 271 Å². The summed E-state index contributed by atoms with van der Waals surface area (Å²) >= 11 is 0.885. The first-order valence-corrected chi connectivity index (χ1v) is 16.7. The molecule has 244 valence electrons. The van der Waals surface area contributed by atoms with Crippen LogP contribution in [-0.2, 0) is 3.74 Å². The van der Waals surface area contributed by atoms with Gasteiger partial charge in [-0.3, -0.25) is 4.79 Å². The van der Waals surface area contributed by atoms with E-state index in [9.17, 15) is 36.3 Å².